The van der Waals surface area contributed by atoms with Crippen molar-refractivity contribution in [3.63, 3.8) is 0 Å². The summed E-state index contributed by atoms with van der Waals surface area (Å²) in [6.45, 7) is 4.16. The Morgan fingerprint density at radius 3 is 2.12 bits per heavy atom. The summed E-state index contributed by atoms with van der Waals surface area (Å²) >= 11 is 7.25. The third-order valence-corrected chi connectivity index (χ3v) is 5.11. The first-order chi connectivity index (χ1) is 12.1. The lowest BCUT2D eigenvalue weighted by Crippen LogP contribution is -2.20. The van der Waals surface area contributed by atoms with Gasteiger partial charge in [0.15, 0.2) is 5.11 Å². The summed E-state index contributed by atoms with van der Waals surface area (Å²) < 4.78 is 0. The highest BCUT2D eigenvalue weighted by Crippen LogP contribution is 2.33. The molecule has 25 heavy (non-hydrogen) atoms. The lowest BCUT2D eigenvalue weighted by molar-refractivity contribution is 1.37. The van der Waals surface area contributed by atoms with E-state index in [4.69, 9.17) is 12.2 Å². The fraction of sp³-hybridized carbons (Fsp3) is 0.0952. The van der Waals surface area contributed by atoms with Gasteiger partial charge in [0.1, 0.15) is 0 Å². The average Bonchev–Trinajstić information content (AvgIpc) is 2.61. The predicted octanol–water partition coefficient (Wildman–Crippen LogP) is 6.26. The molecule has 0 atom stereocenters. The van der Waals surface area contributed by atoms with E-state index in [-0.39, 0.29) is 0 Å². The molecule has 0 aromatic heterocycles. The molecule has 0 unspecified atom stereocenters. The van der Waals surface area contributed by atoms with E-state index in [0.717, 1.165) is 16.3 Å². The maximum absolute atomic E-state index is 5.53. The zero-order valence-electron chi connectivity index (χ0n) is 14.2. The van der Waals surface area contributed by atoms with E-state index < -0.39 is 0 Å². The molecule has 4 heteroatoms. The zero-order valence-corrected chi connectivity index (χ0v) is 15.9. The minimum Gasteiger partial charge on any atom is -0.332 e. The summed E-state index contributed by atoms with van der Waals surface area (Å²) in [6, 6.07) is 24.7. The molecule has 3 aromatic rings. The van der Waals surface area contributed by atoms with Crippen LogP contribution in [0.4, 0.5) is 11.4 Å². The summed E-state index contributed by atoms with van der Waals surface area (Å²) in [5.41, 5.74) is 4.42. The van der Waals surface area contributed by atoms with Gasteiger partial charge in [-0.05, 0) is 61.5 Å². The molecule has 0 radical (unpaired) electrons. The van der Waals surface area contributed by atoms with Crippen molar-refractivity contribution in [3.05, 3.63) is 83.9 Å². The van der Waals surface area contributed by atoms with Crippen LogP contribution in [0, 0.1) is 13.8 Å². The van der Waals surface area contributed by atoms with Gasteiger partial charge in [-0.1, -0.05) is 60.3 Å². The van der Waals surface area contributed by atoms with Crippen LogP contribution in [-0.2, 0) is 0 Å². The van der Waals surface area contributed by atoms with Crippen LogP contribution in [0.2, 0.25) is 0 Å². The van der Waals surface area contributed by atoms with Crippen molar-refractivity contribution in [2.24, 2.45) is 0 Å². The summed E-state index contributed by atoms with van der Waals surface area (Å²) in [4.78, 5) is 2.34. The normalized spacial score (nSPS) is 10.3. The standard InChI is InChI=1S/C21H20N2S2/c1-15-9-8-10-16(2)20(15)23-21(24)22-18-13-6-7-14-19(18)25-17-11-4-3-5-12-17/h3-14H,1-2H3,(H2,22,23,24). The summed E-state index contributed by atoms with van der Waals surface area (Å²) in [6.07, 6.45) is 0. The van der Waals surface area contributed by atoms with E-state index in [0.29, 0.717) is 5.11 Å². The maximum atomic E-state index is 5.53. The predicted molar refractivity (Wildman–Crippen MR) is 113 cm³/mol. The SMILES string of the molecule is Cc1cccc(C)c1NC(=S)Nc1ccccc1Sc1ccccc1. The van der Waals surface area contributed by atoms with E-state index >= 15 is 0 Å². The highest BCUT2D eigenvalue weighted by molar-refractivity contribution is 7.99. The molecule has 0 aliphatic carbocycles. The van der Waals surface area contributed by atoms with Crippen LogP contribution in [0.25, 0.3) is 0 Å². The van der Waals surface area contributed by atoms with Crippen molar-refractivity contribution in [1.82, 2.24) is 0 Å². The van der Waals surface area contributed by atoms with E-state index in [9.17, 15) is 0 Å². The van der Waals surface area contributed by atoms with Gasteiger partial charge in [0.25, 0.3) is 0 Å². The number of thiocarbonyl (C=S) groups is 1. The highest BCUT2D eigenvalue weighted by atomic mass is 32.2. The molecule has 3 rings (SSSR count). The van der Waals surface area contributed by atoms with Crippen molar-refractivity contribution < 1.29 is 0 Å². The van der Waals surface area contributed by atoms with Gasteiger partial charge in [-0.3, -0.25) is 0 Å². The fourth-order valence-corrected chi connectivity index (χ4v) is 3.69. The molecular weight excluding hydrogens is 344 g/mol. The van der Waals surface area contributed by atoms with Gasteiger partial charge in [-0.15, -0.1) is 0 Å². The van der Waals surface area contributed by atoms with Gasteiger partial charge >= 0.3 is 0 Å². The molecule has 0 saturated heterocycles. The quantitative estimate of drug-likeness (QED) is 0.533. The lowest BCUT2D eigenvalue weighted by Gasteiger charge is -2.16. The Kier molecular flexibility index (Phi) is 5.74. The Morgan fingerprint density at radius 2 is 1.40 bits per heavy atom. The van der Waals surface area contributed by atoms with Crippen molar-refractivity contribution in [1.29, 1.82) is 0 Å². The monoisotopic (exact) mass is 364 g/mol. The summed E-state index contributed by atoms with van der Waals surface area (Å²) in [7, 11) is 0. The Labute approximate surface area is 158 Å². The van der Waals surface area contributed by atoms with Crippen molar-refractivity contribution in [3.8, 4) is 0 Å². The van der Waals surface area contributed by atoms with Crippen LogP contribution in [0.1, 0.15) is 11.1 Å². The third kappa shape index (κ3) is 4.62. The molecule has 0 aliphatic heterocycles. The van der Waals surface area contributed by atoms with E-state index in [1.54, 1.807) is 11.8 Å². The zero-order chi connectivity index (χ0) is 17.6. The van der Waals surface area contributed by atoms with Crippen LogP contribution in [0.15, 0.2) is 82.6 Å². The summed E-state index contributed by atoms with van der Waals surface area (Å²) in [5.74, 6) is 0. The van der Waals surface area contributed by atoms with Crippen LogP contribution in [-0.4, -0.2) is 5.11 Å². The van der Waals surface area contributed by atoms with Crippen molar-refractivity contribution in [2.45, 2.75) is 23.6 Å². The molecule has 0 fully saturated rings. The number of aryl methyl sites for hydroxylation is 2. The van der Waals surface area contributed by atoms with E-state index in [2.05, 4.69) is 60.9 Å². The second kappa shape index (κ2) is 8.19. The second-order valence-electron chi connectivity index (χ2n) is 5.76. The molecule has 0 saturated carbocycles. The first-order valence-electron chi connectivity index (χ1n) is 8.09. The Morgan fingerprint density at radius 1 is 0.760 bits per heavy atom. The largest absolute Gasteiger partial charge is 0.332 e. The fourth-order valence-electron chi connectivity index (χ4n) is 2.55. The molecular formula is C21H20N2S2. The van der Waals surface area contributed by atoms with Crippen LogP contribution >= 0.6 is 24.0 Å². The van der Waals surface area contributed by atoms with E-state index in [1.807, 2.05) is 36.4 Å². The molecule has 2 N–H and O–H groups in total. The molecule has 2 nitrogen and oxygen atoms in total. The molecule has 0 spiro atoms. The number of benzene rings is 3. The number of rotatable bonds is 4. The van der Waals surface area contributed by atoms with Gasteiger partial charge in [-0.2, -0.15) is 0 Å². The minimum atomic E-state index is 0.596. The van der Waals surface area contributed by atoms with Crippen LogP contribution < -0.4 is 10.6 Å². The number of hydrogen-bond donors (Lipinski definition) is 2. The summed E-state index contributed by atoms with van der Waals surface area (Å²) in [5, 5.41) is 7.26. The van der Waals surface area contributed by atoms with Gasteiger partial charge in [0, 0.05) is 15.5 Å². The smallest absolute Gasteiger partial charge is 0.175 e. The molecule has 0 amide bonds. The first kappa shape index (κ1) is 17.5. The van der Waals surface area contributed by atoms with Gasteiger partial charge in [-0.25, -0.2) is 0 Å². The number of para-hydroxylation sites is 2. The van der Waals surface area contributed by atoms with Gasteiger partial charge in [0.05, 0.1) is 5.69 Å². The Hall–Kier alpha value is -2.30. The number of hydrogen-bond acceptors (Lipinski definition) is 2. The number of anilines is 2. The van der Waals surface area contributed by atoms with Crippen LogP contribution in [0.5, 0.6) is 0 Å². The van der Waals surface area contributed by atoms with Gasteiger partial charge < -0.3 is 10.6 Å². The third-order valence-electron chi connectivity index (χ3n) is 3.83. The van der Waals surface area contributed by atoms with Crippen LogP contribution in [0.3, 0.4) is 0 Å². The molecule has 0 bridgehead atoms. The highest BCUT2D eigenvalue weighted by Gasteiger charge is 2.08. The van der Waals surface area contributed by atoms with Crippen molar-refractivity contribution in [2.75, 3.05) is 10.6 Å². The Bertz CT molecular complexity index is 856. The minimum absolute atomic E-state index is 0.596. The Balaban J connectivity index is 1.76. The second-order valence-corrected chi connectivity index (χ2v) is 7.28. The topological polar surface area (TPSA) is 24.1 Å². The maximum Gasteiger partial charge on any atom is 0.175 e. The van der Waals surface area contributed by atoms with Crippen molar-refractivity contribution >= 4 is 40.5 Å². The molecule has 0 heterocycles. The number of nitrogens with one attached hydrogen (secondary N) is 2. The first-order valence-corrected chi connectivity index (χ1v) is 9.32. The van der Waals surface area contributed by atoms with Gasteiger partial charge in [0.2, 0.25) is 0 Å². The lowest BCUT2D eigenvalue weighted by atomic mass is 10.1. The molecule has 0 aliphatic rings. The molecule has 3 aromatic carbocycles. The average molecular weight is 365 g/mol. The molecule has 126 valence electrons. The van der Waals surface area contributed by atoms with E-state index in [1.165, 1.54) is 16.0 Å².